The van der Waals surface area contributed by atoms with Crippen molar-refractivity contribution < 1.29 is 9.59 Å². The van der Waals surface area contributed by atoms with Crippen LogP contribution in [0, 0.1) is 5.92 Å². The molecule has 0 radical (unpaired) electrons. The molecule has 1 fully saturated rings. The number of hydrogen-bond donors (Lipinski definition) is 1. The minimum atomic E-state index is -0.262. The van der Waals surface area contributed by atoms with E-state index in [2.05, 4.69) is 46.9 Å². The number of nitrogens with zero attached hydrogens (tertiary/aromatic N) is 3. The Labute approximate surface area is 176 Å². The van der Waals surface area contributed by atoms with E-state index in [-0.39, 0.29) is 41.3 Å². The SMILES string of the molecule is CC(C)N(CC(=O)Nc1cc(C(C)(C)C)nn1C(C)(C)C)C(=O)C1CCCCC1. The monoisotopic (exact) mass is 404 g/mol. The first kappa shape index (κ1) is 23.4. The van der Waals surface area contributed by atoms with Gasteiger partial charge in [-0.25, -0.2) is 4.68 Å². The molecule has 1 heterocycles. The average molecular weight is 405 g/mol. The summed E-state index contributed by atoms with van der Waals surface area (Å²) in [5.74, 6) is 0.691. The first-order chi connectivity index (χ1) is 13.3. The Kier molecular flexibility index (Phi) is 7.18. The first-order valence-corrected chi connectivity index (χ1v) is 11.0. The number of aromatic nitrogens is 2. The fraction of sp³-hybridized carbons (Fsp3) is 0.783. The normalized spacial score (nSPS) is 16.2. The van der Waals surface area contributed by atoms with E-state index in [1.807, 2.05) is 24.6 Å². The molecule has 1 aliphatic carbocycles. The maximum absolute atomic E-state index is 13.0. The van der Waals surface area contributed by atoms with Crippen LogP contribution in [-0.4, -0.2) is 39.1 Å². The summed E-state index contributed by atoms with van der Waals surface area (Å²) in [6, 6.07) is 1.94. The number of nitrogens with one attached hydrogen (secondary N) is 1. The molecule has 1 aromatic heterocycles. The van der Waals surface area contributed by atoms with Gasteiger partial charge in [0.1, 0.15) is 12.4 Å². The Morgan fingerprint density at radius 1 is 1.14 bits per heavy atom. The molecule has 0 bridgehead atoms. The lowest BCUT2D eigenvalue weighted by Gasteiger charge is -2.32. The molecule has 0 atom stereocenters. The average Bonchev–Trinajstić information content (AvgIpc) is 3.04. The van der Waals surface area contributed by atoms with Crippen LogP contribution in [0.3, 0.4) is 0 Å². The highest BCUT2D eigenvalue weighted by Crippen LogP contribution is 2.29. The van der Waals surface area contributed by atoms with Gasteiger partial charge in [0.05, 0.1) is 11.2 Å². The van der Waals surface area contributed by atoms with Crippen molar-refractivity contribution in [3.05, 3.63) is 11.8 Å². The predicted molar refractivity (Wildman–Crippen MR) is 118 cm³/mol. The Hall–Kier alpha value is -1.85. The molecule has 6 heteroatoms. The fourth-order valence-electron chi connectivity index (χ4n) is 3.78. The van der Waals surface area contributed by atoms with Crippen LogP contribution < -0.4 is 5.32 Å². The third kappa shape index (κ3) is 6.06. The number of carbonyl (C=O) groups excluding carboxylic acids is 2. The zero-order valence-electron chi connectivity index (χ0n) is 19.6. The molecule has 1 aromatic rings. The van der Waals surface area contributed by atoms with Crippen LogP contribution >= 0.6 is 0 Å². The van der Waals surface area contributed by atoms with Gasteiger partial charge in [0.15, 0.2) is 0 Å². The molecule has 0 saturated heterocycles. The van der Waals surface area contributed by atoms with Crippen LogP contribution in [0.2, 0.25) is 0 Å². The van der Waals surface area contributed by atoms with E-state index in [9.17, 15) is 9.59 Å². The third-order valence-corrected chi connectivity index (χ3v) is 5.56. The van der Waals surface area contributed by atoms with Crippen molar-refractivity contribution in [2.75, 3.05) is 11.9 Å². The van der Waals surface area contributed by atoms with Gasteiger partial charge < -0.3 is 10.2 Å². The topological polar surface area (TPSA) is 67.2 Å². The van der Waals surface area contributed by atoms with Gasteiger partial charge in [0, 0.05) is 23.4 Å². The van der Waals surface area contributed by atoms with Crippen molar-refractivity contribution in [1.82, 2.24) is 14.7 Å². The zero-order valence-corrected chi connectivity index (χ0v) is 19.6. The summed E-state index contributed by atoms with van der Waals surface area (Å²) in [4.78, 5) is 27.7. The number of carbonyl (C=O) groups is 2. The van der Waals surface area contributed by atoms with Gasteiger partial charge in [0.2, 0.25) is 11.8 Å². The van der Waals surface area contributed by atoms with Crippen molar-refractivity contribution >= 4 is 17.6 Å². The summed E-state index contributed by atoms with van der Waals surface area (Å²) in [5.41, 5.74) is 0.556. The molecule has 164 valence electrons. The zero-order chi connectivity index (χ0) is 22.0. The Bertz CT molecular complexity index is 716. The largest absolute Gasteiger partial charge is 0.331 e. The second kappa shape index (κ2) is 8.88. The molecule has 1 aliphatic rings. The van der Waals surface area contributed by atoms with Gasteiger partial charge in [-0.2, -0.15) is 5.10 Å². The first-order valence-electron chi connectivity index (χ1n) is 11.0. The van der Waals surface area contributed by atoms with Gasteiger partial charge in [-0.15, -0.1) is 0 Å². The van der Waals surface area contributed by atoms with Crippen LogP contribution in [0.15, 0.2) is 6.07 Å². The van der Waals surface area contributed by atoms with Crippen LogP contribution in [0.1, 0.15) is 93.2 Å². The quantitative estimate of drug-likeness (QED) is 0.774. The minimum Gasteiger partial charge on any atom is -0.331 e. The molecule has 29 heavy (non-hydrogen) atoms. The van der Waals surface area contributed by atoms with Gasteiger partial charge in [-0.1, -0.05) is 40.0 Å². The van der Waals surface area contributed by atoms with E-state index in [1.54, 1.807) is 4.90 Å². The Balaban J connectivity index is 2.17. The molecular weight excluding hydrogens is 364 g/mol. The van der Waals surface area contributed by atoms with Crippen LogP contribution in [0.25, 0.3) is 0 Å². The highest BCUT2D eigenvalue weighted by atomic mass is 16.2. The van der Waals surface area contributed by atoms with Crippen molar-refractivity contribution in [1.29, 1.82) is 0 Å². The fourth-order valence-corrected chi connectivity index (χ4v) is 3.78. The van der Waals surface area contributed by atoms with E-state index >= 15 is 0 Å². The second-order valence-corrected chi connectivity index (χ2v) is 10.7. The highest BCUT2D eigenvalue weighted by molar-refractivity contribution is 5.94. The number of anilines is 1. The third-order valence-electron chi connectivity index (χ3n) is 5.56. The lowest BCUT2D eigenvalue weighted by atomic mass is 9.88. The maximum Gasteiger partial charge on any atom is 0.245 e. The Morgan fingerprint density at radius 3 is 2.21 bits per heavy atom. The Morgan fingerprint density at radius 2 is 1.72 bits per heavy atom. The highest BCUT2D eigenvalue weighted by Gasteiger charge is 2.30. The standard InChI is InChI=1S/C23H40N4O2/c1-16(2)26(21(29)17-12-10-9-11-13-17)15-20(28)24-19-14-18(22(3,4)5)25-27(19)23(6,7)8/h14,16-17H,9-13,15H2,1-8H3,(H,24,28). The van der Waals surface area contributed by atoms with Crippen LogP contribution in [0.4, 0.5) is 5.82 Å². The molecule has 0 aromatic carbocycles. The van der Waals surface area contributed by atoms with Gasteiger partial charge >= 0.3 is 0 Å². The van der Waals surface area contributed by atoms with E-state index in [0.717, 1.165) is 31.4 Å². The molecule has 0 aliphatic heterocycles. The van der Waals surface area contributed by atoms with Crippen molar-refractivity contribution in [2.45, 2.75) is 104 Å². The van der Waals surface area contributed by atoms with Crippen molar-refractivity contribution in [2.24, 2.45) is 5.92 Å². The summed E-state index contributed by atoms with van der Waals surface area (Å²) >= 11 is 0. The summed E-state index contributed by atoms with van der Waals surface area (Å²) in [6.45, 7) is 16.6. The van der Waals surface area contributed by atoms with Crippen LogP contribution in [-0.2, 0) is 20.5 Å². The van der Waals surface area contributed by atoms with E-state index in [0.29, 0.717) is 5.82 Å². The predicted octanol–water partition coefficient (Wildman–Crippen LogP) is 4.69. The van der Waals surface area contributed by atoms with Gasteiger partial charge in [0.25, 0.3) is 0 Å². The lowest BCUT2D eigenvalue weighted by Crippen LogP contribution is -2.45. The van der Waals surface area contributed by atoms with E-state index in [4.69, 9.17) is 5.10 Å². The molecule has 2 amide bonds. The number of hydrogen-bond acceptors (Lipinski definition) is 3. The lowest BCUT2D eigenvalue weighted by molar-refractivity contribution is -0.141. The molecule has 1 saturated carbocycles. The number of rotatable bonds is 5. The van der Waals surface area contributed by atoms with Gasteiger partial charge in [-0.05, 0) is 47.5 Å². The van der Waals surface area contributed by atoms with Gasteiger partial charge in [-0.3, -0.25) is 9.59 Å². The maximum atomic E-state index is 13.0. The van der Waals surface area contributed by atoms with E-state index < -0.39 is 0 Å². The summed E-state index contributed by atoms with van der Waals surface area (Å²) in [6.07, 6.45) is 5.30. The molecule has 1 N–H and O–H groups in total. The molecule has 0 spiro atoms. The second-order valence-electron chi connectivity index (χ2n) is 10.7. The van der Waals surface area contributed by atoms with E-state index in [1.165, 1.54) is 6.42 Å². The minimum absolute atomic E-state index is 0.00663. The number of amides is 2. The molecular formula is C23H40N4O2. The smallest absolute Gasteiger partial charge is 0.245 e. The summed E-state index contributed by atoms with van der Waals surface area (Å²) in [7, 11) is 0. The summed E-state index contributed by atoms with van der Waals surface area (Å²) < 4.78 is 1.87. The summed E-state index contributed by atoms with van der Waals surface area (Å²) in [5, 5.41) is 7.77. The van der Waals surface area contributed by atoms with Crippen molar-refractivity contribution in [3.8, 4) is 0 Å². The van der Waals surface area contributed by atoms with Crippen LogP contribution in [0.5, 0.6) is 0 Å². The van der Waals surface area contributed by atoms with Crippen molar-refractivity contribution in [3.63, 3.8) is 0 Å². The molecule has 0 unspecified atom stereocenters. The molecule has 2 rings (SSSR count). The molecule has 6 nitrogen and oxygen atoms in total.